The van der Waals surface area contributed by atoms with Gasteiger partial charge in [-0.25, -0.2) is 4.79 Å². The predicted octanol–water partition coefficient (Wildman–Crippen LogP) is 2.38. The zero-order valence-electron chi connectivity index (χ0n) is 14.0. The van der Waals surface area contributed by atoms with Crippen molar-refractivity contribution in [3.63, 3.8) is 0 Å². The zero-order chi connectivity index (χ0) is 16.3. The Labute approximate surface area is 138 Å². The Morgan fingerprint density at radius 1 is 0.957 bits per heavy atom. The molecule has 0 aromatic heterocycles. The molecule has 4 saturated carbocycles. The van der Waals surface area contributed by atoms with Crippen molar-refractivity contribution in [2.75, 3.05) is 13.2 Å². The van der Waals surface area contributed by atoms with Gasteiger partial charge >= 0.3 is 6.03 Å². The summed E-state index contributed by atoms with van der Waals surface area (Å²) in [6.07, 6.45) is 10.7. The largest absolute Gasteiger partial charge is 0.389 e. The van der Waals surface area contributed by atoms with Crippen LogP contribution >= 0.6 is 0 Å². The molecule has 4 bridgehead atoms. The Hall–Kier alpha value is -1.10. The van der Waals surface area contributed by atoms with Crippen LogP contribution in [0.5, 0.6) is 0 Å². The number of ketones is 1. The summed E-state index contributed by atoms with van der Waals surface area (Å²) in [7, 11) is 0. The maximum Gasteiger partial charge on any atom is 0.315 e. The molecule has 0 spiro atoms. The van der Waals surface area contributed by atoms with Crippen molar-refractivity contribution in [2.45, 2.75) is 69.7 Å². The number of urea groups is 1. The molecule has 0 saturated heterocycles. The molecule has 130 valence electrons. The highest BCUT2D eigenvalue weighted by atomic mass is 16.3. The molecule has 0 aromatic rings. The first kappa shape index (κ1) is 16.7. The van der Waals surface area contributed by atoms with E-state index in [0.29, 0.717) is 13.0 Å². The van der Waals surface area contributed by atoms with Crippen LogP contribution in [0.4, 0.5) is 4.79 Å². The van der Waals surface area contributed by atoms with Crippen molar-refractivity contribution in [2.24, 2.45) is 17.8 Å². The first-order valence-electron chi connectivity index (χ1n) is 9.27. The lowest BCUT2D eigenvalue weighted by Crippen LogP contribution is -2.61. The molecule has 23 heavy (non-hydrogen) atoms. The second-order valence-corrected chi connectivity index (χ2v) is 8.09. The number of rotatable bonds is 8. The molecule has 0 aliphatic heterocycles. The number of nitrogens with one attached hydrogen (secondary N) is 2. The van der Waals surface area contributed by atoms with Crippen molar-refractivity contribution < 1.29 is 14.7 Å². The van der Waals surface area contributed by atoms with E-state index in [1.165, 1.54) is 38.5 Å². The first-order chi connectivity index (χ1) is 11.1. The van der Waals surface area contributed by atoms with Crippen molar-refractivity contribution in [3.8, 4) is 0 Å². The Kier molecular flexibility index (Phi) is 5.24. The third-order valence-corrected chi connectivity index (χ3v) is 6.01. The maximum atomic E-state index is 12.2. The summed E-state index contributed by atoms with van der Waals surface area (Å²) in [5.74, 6) is 2.42. The highest BCUT2D eigenvalue weighted by molar-refractivity contribution is 5.79. The average Bonchev–Trinajstić information content (AvgIpc) is 2.48. The van der Waals surface area contributed by atoms with Gasteiger partial charge in [-0.1, -0.05) is 6.42 Å². The average molecular weight is 322 g/mol. The smallest absolute Gasteiger partial charge is 0.315 e. The van der Waals surface area contributed by atoms with Gasteiger partial charge in [-0.15, -0.1) is 0 Å². The second-order valence-electron chi connectivity index (χ2n) is 8.09. The number of carbonyl (C=O) groups excluding carboxylic acids is 2. The number of amides is 2. The van der Waals surface area contributed by atoms with Crippen LogP contribution in [-0.4, -0.2) is 35.6 Å². The highest BCUT2D eigenvalue weighted by Crippen LogP contribution is 2.55. The zero-order valence-corrected chi connectivity index (χ0v) is 14.0. The Morgan fingerprint density at radius 2 is 1.57 bits per heavy atom. The summed E-state index contributed by atoms with van der Waals surface area (Å²) >= 11 is 0. The minimum atomic E-state index is -0.355. The summed E-state index contributed by atoms with van der Waals surface area (Å²) in [4.78, 5) is 23.2. The van der Waals surface area contributed by atoms with Crippen LogP contribution in [-0.2, 0) is 4.79 Å². The van der Waals surface area contributed by atoms with Crippen LogP contribution in [0, 0.1) is 17.8 Å². The molecule has 0 aromatic carbocycles. The van der Waals surface area contributed by atoms with Crippen molar-refractivity contribution in [3.05, 3.63) is 0 Å². The highest BCUT2D eigenvalue weighted by Gasteiger charge is 2.51. The molecule has 0 radical (unpaired) electrons. The summed E-state index contributed by atoms with van der Waals surface area (Å²) in [5, 5.41) is 14.9. The molecule has 4 rings (SSSR count). The van der Waals surface area contributed by atoms with Gasteiger partial charge in [0, 0.05) is 18.5 Å². The van der Waals surface area contributed by atoms with Gasteiger partial charge in [0.1, 0.15) is 6.61 Å². The maximum absolute atomic E-state index is 12.2. The van der Waals surface area contributed by atoms with E-state index in [9.17, 15) is 9.59 Å². The van der Waals surface area contributed by atoms with Crippen molar-refractivity contribution in [1.29, 1.82) is 0 Å². The van der Waals surface area contributed by atoms with Crippen LogP contribution in [0.1, 0.15) is 64.2 Å². The van der Waals surface area contributed by atoms with Gasteiger partial charge in [0.2, 0.25) is 0 Å². The van der Waals surface area contributed by atoms with E-state index in [1.807, 2.05) is 0 Å². The fourth-order valence-electron chi connectivity index (χ4n) is 5.45. The standard InChI is InChI=1S/C18H30N2O3/c21-12-16(22)4-2-1-3-5-19-17(23)20-18-9-13-6-14(10-18)8-15(7-13)11-18/h13-15,21H,1-12H2,(H2,19,20,23). The van der Waals surface area contributed by atoms with Crippen molar-refractivity contribution >= 4 is 11.8 Å². The van der Waals surface area contributed by atoms with E-state index >= 15 is 0 Å². The van der Waals surface area contributed by atoms with Gasteiger partial charge in [0.15, 0.2) is 5.78 Å². The molecule has 3 N–H and O–H groups in total. The van der Waals surface area contributed by atoms with Gasteiger partial charge in [-0.05, 0) is 69.1 Å². The summed E-state index contributed by atoms with van der Waals surface area (Å²) < 4.78 is 0. The molecular formula is C18H30N2O3. The lowest BCUT2D eigenvalue weighted by molar-refractivity contribution is -0.121. The summed E-state index contributed by atoms with van der Waals surface area (Å²) in [6, 6.07) is -0.0154. The normalized spacial score (nSPS) is 34.4. The predicted molar refractivity (Wildman–Crippen MR) is 88.0 cm³/mol. The van der Waals surface area contributed by atoms with Crippen LogP contribution in [0.15, 0.2) is 0 Å². The topological polar surface area (TPSA) is 78.4 Å². The summed E-state index contributed by atoms with van der Waals surface area (Å²) in [6.45, 7) is 0.303. The Bertz CT molecular complexity index is 414. The fraction of sp³-hybridized carbons (Fsp3) is 0.889. The lowest BCUT2D eigenvalue weighted by Gasteiger charge is -2.56. The first-order valence-corrected chi connectivity index (χ1v) is 9.27. The monoisotopic (exact) mass is 322 g/mol. The number of unbranched alkanes of at least 4 members (excludes halogenated alkanes) is 2. The minimum absolute atomic E-state index is 0.0154. The van der Waals surface area contributed by atoms with Crippen LogP contribution in [0.2, 0.25) is 0 Å². The number of hydrogen-bond donors (Lipinski definition) is 3. The SMILES string of the molecule is O=C(CO)CCCCCNC(=O)NC12CC3CC(CC(C3)C1)C2. The molecule has 5 heteroatoms. The van der Waals surface area contributed by atoms with Gasteiger partial charge in [-0.2, -0.15) is 0 Å². The number of Topliss-reactive ketones (excluding diaryl/α,β-unsaturated/α-hetero) is 1. The van der Waals surface area contributed by atoms with Crippen LogP contribution in [0.3, 0.4) is 0 Å². The van der Waals surface area contributed by atoms with Gasteiger partial charge in [-0.3, -0.25) is 4.79 Å². The summed E-state index contributed by atoms with van der Waals surface area (Å²) in [5.41, 5.74) is 0.0758. The molecule has 5 nitrogen and oxygen atoms in total. The van der Waals surface area contributed by atoms with Gasteiger partial charge in [0.25, 0.3) is 0 Å². The Morgan fingerprint density at radius 3 is 2.13 bits per heavy atom. The lowest BCUT2D eigenvalue weighted by atomic mass is 9.53. The molecule has 0 atom stereocenters. The minimum Gasteiger partial charge on any atom is -0.389 e. The van der Waals surface area contributed by atoms with E-state index in [0.717, 1.165) is 37.0 Å². The quantitative estimate of drug-likeness (QED) is 0.600. The second kappa shape index (κ2) is 7.20. The Balaban J connectivity index is 1.33. The van der Waals surface area contributed by atoms with E-state index in [4.69, 9.17) is 5.11 Å². The van der Waals surface area contributed by atoms with Crippen molar-refractivity contribution in [1.82, 2.24) is 10.6 Å². The van der Waals surface area contributed by atoms with Gasteiger partial charge in [0.05, 0.1) is 0 Å². The van der Waals surface area contributed by atoms with E-state index < -0.39 is 0 Å². The van der Waals surface area contributed by atoms with Crippen LogP contribution in [0.25, 0.3) is 0 Å². The number of hydrogen-bond acceptors (Lipinski definition) is 3. The van der Waals surface area contributed by atoms with Gasteiger partial charge < -0.3 is 15.7 Å². The molecule has 2 amide bonds. The number of aliphatic hydroxyl groups is 1. The number of aliphatic hydroxyl groups excluding tert-OH is 1. The van der Waals surface area contributed by atoms with E-state index in [1.54, 1.807) is 0 Å². The van der Waals surface area contributed by atoms with E-state index in [2.05, 4.69) is 10.6 Å². The third kappa shape index (κ3) is 4.25. The van der Waals surface area contributed by atoms with E-state index in [-0.39, 0.29) is 24.0 Å². The molecule has 0 unspecified atom stereocenters. The molecule has 4 fully saturated rings. The number of carbonyl (C=O) groups is 2. The molecular weight excluding hydrogens is 292 g/mol. The molecule has 4 aliphatic carbocycles. The fourth-order valence-corrected chi connectivity index (χ4v) is 5.45. The van der Waals surface area contributed by atoms with Crippen LogP contribution < -0.4 is 10.6 Å². The third-order valence-electron chi connectivity index (χ3n) is 6.01. The molecule has 4 aliphatic rings. The molecule has 0 heterocycles.